The van der Waals surface area contributed by atoms with E-state index in [1.807, 2.05) is 19.1 Å². The Balaban J connectivity index is 2.23. The zero-order valence-corrected chi connectivity index (χ0v) is 14.4. The van der Waals surface area contributed by atoms with Gasteiger partial charge in [-0.3, -0.25) is 0 Å². The summed E-state index contributed by atoms with van der Waals surface area (Å²) in [5.74, 6) is 1.71. The molecule has 0 aliphatic heterocycles. The molecule has 0 saturated carbocycles. The lowest BCUT2D eigenvalue weighted by Gasteiger charge is -2.15. The summed E-state index contributed by atoms with van der Waals surface area (Å²) < 4.78 is 21.0. The Morgan fingerprint density at radius 3 is 2.42 bits per heavy atom. The number of carbonyl (C=O) groups is 1. The molecule has 128 valence electrons. The molecule has 0 aromatic heterocycles. The van der Waals surface area contributed by atoms with Gasteiger partial charge in [-0.25, -0.2) is 4.79 Å². The molecular weight excluding hydrogens is 308 g/mol. The van der Waals surface area contributed by atoms with Gasteiger partial charge in [0.15, 0.2) is 0 Å². The van der Waals surface area contributed by atoms with Crippen molar-refractivity contribution in [1.29, 1.82) is 0 Å². The number of hydrogen-bond acceptors (Lipinski definition) is 5. The third-order valence-electron chi connectivity index (χ3n) is 3.69. The molecule has 0 amide bonds. The Bertz CT molecular complexity index is 709. The zero-order chi connectivity index (χ0) is 17.5. The highest BCUT2D eigenvalue weighted by Gasteiger charge is 2.15. The van der Waals surface area contributed by atoms with Crippen LogP contribution in [-0.2, 0) is 17.8 Å². The summed E-state index contributed by atoms with van der Waals surface area (Å²) in [4.78, 5) is 11.4. The monoisotopic (exact) mass is 330 g/mol. The van der Waals surface area contributed by atoms with Crippen LogP contribution in [0.2, 0.25) is 0 Å². The van der Waals surface area contributed by atoms with Gasteiger partial charge in [-0.15, -0.1) is 0 Å². The van der Waals surface area contributed by atoms with Crippen molar-refractivity contribution in [2.24, 2.45) is 0 Å². The van der Waals surface area contributed by atoms with Crippen LogP contribution in [0.5, 0.6) is 17.2 Å². The normalized spacial score (nSPS) is 10.2. The Labute approximate surface area is 142 Å². The Morgan fingerprint density at radius 1 is 1.04 bits per heavy atom. The lowest BCUT2D eigenvalue weighted by Crippen LogP contribution is -2.10. The van der Waals surface area contributed by atoms with Crippen molar-refractivity contribution in [3.63, 3.8) is 0 Å². The maximum atomic E-state index is 11.4. The van der Waals surface area contributed by atoms with E-state index in [0.717, 1.165) is 17.7 Å². The Hall–Kier alpha value is -2.69. The van der Waals surface area contributed by atoms with E-state index in [0.29, 0.717) is 17.1 Å². The van der Waals surface area contributed by atoms with E-state index < -0.39 is 6.16 Å². The van der Waals surface area contributed by atoms with Gasteiger partial charge in [-0.1, -0.05) is 25.1 Å². The van der Waals surface area contributed by atoms with E-state index >= 15 is 0 Å². The average molecular weight is 330 g/mol. The zero-order valence-electron chi connectivity index (χ0n) is 14.4. The van der Waals surface area contributed by atoms with Crippen molar-refractivity contribution in [3.05, 3.63) is 53.1 Å². The summed E-state index contributed by atoms with van der Waals surface area (Å²) in [5.41, 5.74) is 2.95. The SMILES string of the molecule is CCc1ccc(OCc2c(OC)cccc2OC(=O)OC)c(C)c1. The van der Waals surface area contributed by atoms with Gasteiger partial charge in [-0.2, -0.15) is 0 Å². The van der Waals surface area contributed by atoms with E-state index in [4.69, 9.17) is 14.2 Å². The quantitative estimate of drug-likeness (QED) is 0.584. The molecule has 5 nitrogen and oxygen atoms in total. The highest BCUT2D eigenvalue weighted by atomic mass is 16.7. The Morgan fingerprint density at radius 2 is 1.79 bits per heavy atom. The molecule has 0 aliphatic carbocycles. The maximum absolute atomic E-state index is 11.4. The molecule has 0 atom stereocenters. The minimum Gasteiger partial charge on any atom is -0.496 e. The molecule has 0 saturated heterocycles. The molecule has 2 aromatic rings. The standard InChI is InChI=1S/C19H22O5/c1-5-14-9-10-16(13(2)11-14)23-12-15-17(21-3)7-6-8-18(15)24-19(20)22-4/h6-11H,5,12H2,1-4H3. The summed E-state index contributed by atoms with van der Waals surface area (Å²) in [7, 11) is 2.82. The van der Waals surface area contributed by atoms with E-state index in [2.05, 4.69) is 17.7 Å². The third kappa shape index (κ3) is 4.19. The van der Waals surface area contributed by atoms with Gasteiger partial charge < -0.3 is 18.9 Å². The molecule has 0 N–H and O–H groups in total. The first-order chi connectivity index (χ1) is 11.6. The molecule has 0 unspecified atom stereocenters. The van der Waals surface area contributed by atoms with Gasteiger partial charge in [0.1, 0.15) is 23.9 Å². The van der Waals surface area contributed by atoms with E-state index in [9.17, 15) is 4.79 Å². The summed E-state index contributed by atoms with van der Waals surface area (Å²) in [5, 5.41) is 0. The highest BCUT2D eigenvalue weighted by molar-refractivity contribution is 5.65. The fourth-order valence-electron chi connectivity index (χ4n) is 2.35. The smallest absolute Gasteiger partial charge is 0.496 e. The average Bonchev–Trinajstić information content (AvgIpc) is 2.60. The van der Waals surface area contributed by atoms with Gasteiger partial charge in [0.2, 0.25) is 0 Å². The number of ether oxygens (including phenoxy) is 4. The molecular formula is C19H22O5. The van der Waals surface area contributed by atoms with Crippen LogP contribution in [0.25, 0.3) is 0 Å². The van der Waals surface area contributed by atoms with Gasteiger partial charge in [0.25, 0.3) is 0 Å². The molecule has 2 rings (SSSR count). The van der Waals surface area contributed by atoms with E-state index in [1.54, 1.807) is 25.3 Å². The topological polar surface area (TPSA) is 54.0 Å². The second-order valence-electron chi connectivity index (χ2n) is 5.24. The second-order valence-corrected chi connectivity index (χ2v) is 5.24. The van der Waals surface area contributed by atoms with Gasteiger partial charge in [0, 0.05) is 0 Å². The third-order valence-corrected chi connectivity index (χ3v) is 3.69. The van der Waals surface area contributed by atoms with Crippen molar-refractivity contribution < 1.29 is 23.7 Å². The van der Waals surface area contributed by atoms with Crippen LogP contribution in [0, 0.1) is 6.92 Å². The Kier molecular flexibility index (Phi) is 6.07. The van der Waals surface area contributed by atoms with Crippen molar-refractivity contribution in [3.8, 4) is 17.2 Å². The predicted octanol–water partition coefficient (Wildman–Crippen LogP) is 4.29. The summed E-state index contributed by atoms with van der Waals surface area (Å²) in [6.45, 7) is 4.33. The van der Waals surface area contributed by atoms with Crippen LogP contribution in [0.4, 0.5) is 4.79 Å². The number of methoxy groups -OCH3 is 2. The second kappa shape index (κ2) is 8.24. The molecule has 0 radical (unpaired) electrons. The molecule has 5 heteroatoms. The minimum absolute atomic E-state index is 0.211. The largest absolute Gasteiger partial charge is 0.513 e. The number of rotatable bonds is 6. The minimum atomic E-state index is -0.784. The van der Waals surface area contributed by atoms with Crippen LogP contribution in [0.15, 0.2) is 36.4 Å². The van der Waals surface area contributed by atoms with Crippen molar-refractivity contribution >= 4 is 6.16 Å². The number of benzene rings is 2. The lowest BCUT2D eigenvalue weighted by atomic mass is 10.1. The first-order valence-electron chi connectivity index (χ1n) is 7.73. The number of hydrogen-bond donors (Lipinski definition) is 0. The maximum Gasteiger partial charge on any atom is 0.513 e. The number of carbonyl (C=O) groups excluding carboxylic acids is 1. The van der Waals surface area contributed by atoms with Gasteiger partial charge >= 0.3 is 6.16 Å². The molecule has 2 aromatic carbocycles. The fourth-order valence-corrected chi connectivity index (χ4v) is 2.35. The van der Waals surface area contributed by atoms with Gasteiger partial charge in [0.05, 0.1) is 19.8 Å². The molecule has 0 bridgehead atoms. The highest BCUT2D eigenvalue weighted by Crippen LogP contribution is 2.31. The number of aryl methyl sites for hydroxylation is 2. The lowest BCUT2D eigenvalue weighted by molar-refractivity contribution is 0.120. The van der Waals surface area contributed by atoms with Crippen molar-refractivity contribution in [2.75, 3.05) is 14.2 Å². The summed E-state index contributed by atoms with van der Waals surface area (Å²) in [6.07, 6.45) is 0.193. The molecule has 0 spiro atoms. The molecule has 0 aliphatic rings. The van der Waals surface area contributed by atoms with Crippen molar-refractivity contribution in [1.82, 2.24) is 0 Å². The predicted molar refractivity (Wildman–Crippen MR) is 90.9 cm³/mol. The first-order valence-corrected chi connectivity index (χ1v) is 7.73. The fraction of sp³-hybridized carbons (Fsp3) is 0.316. The molecule has 0 heterocycles. The van der Waals surface area contributed by atoms with E-state index in [-0.39, 0.29) is 6.61 Å². The van der Waals surface area contributed by atoms with Crippen LogP contribution in [-0.4, -0.2) is 20.4 Å². The van der Waals surface area contributed by atoms with Crippen LogP contribution in [0.3, 0.4) is 0 Å². The molecule has 0 fully saturated rings. The molecule has 24 heavy (non-hydrogen) atoms. The van der Waals surface area contributed by atoms with Crippen LogP contribution >= 0.6 is 0 Å². The van der Waals surface area contributed by atoms with Crippen molar-refractivity contribution in [2.45, 2.75) is 26.9 Å². The van der Waals surface area contributed by atoms with Crippen LogP contribution < -0.4 is 14.2 Å². The van der Waals surface area contributed by atoms with E-state index in [1.165, 1.54) is 12.7 Å². The van der Waals surface area contributed by atoms with Gasteiger partial charge in [-0.05, 0) is 42.7 Å². The first kappa shape index (κ1) is 17.7. The summed E-state index contributed by atoms with van der Waals surface area (Å²) in [6, 6.07) is 11.3. The van der Waals surface area contributed by atoms with Crippen LogP contribution in [0.1, 0.15) is 23.6 Å². The summed E-state index contributed by atoms with van der Waals surface area (Å²) >= 11 is 0.